The molecule has 5 nitrogen and oxygen atoms in total. The molecule has 2 aliphatic rings. The van der Waals surface area contributed by atoms with Crippen LogP contribution in [0.3, 0.4) is 0 Å². The number of nitrogens with one attached hydrogen (secondary N) is 2. The van der Waals surface area contributed by atoms with Crippen molar-refractivity contribution in [1.82, 2.24) is 15.2 Å². The van der Waals surface area contributed by atoms with Gasteiger partial charge in [-0.1, -0.05) is 54.6 Å². The Morgan fingerprint density at radius 1 is 0.941 bits per heavy atom. The van der Waals surface area contributed by atoms with E-state index in [1.165, 1.54) is 29.5 Å². The summed E-state index contributed by atoms with van der Waals surface area (Å²) in [6, 6.07) is 22.5. The normalized spacial score (nSPS) is 18.9. The molecule has 1 atom stereocenters. The number of aryl methyl sites for hydroxylation is 1. The molecule has 1 saturated heterocycles. The van der Waals surface area contributed by atoms with Gasteiger partial charge in [-0.25, -0.2) is 0 Å². The first-order valence-electron chi connectivity index (χ1n) is 12.5. The Kier molecular flexibility index (Phi) is 6.91. The maximum Gasteiger partial charge on any atom is 0.261 e. The van der Waals surface area contributed by atoms with Crippen molar-refractivity contribution in [3.05, 3.63) is 105 Å². The summed E-state index contributed by atoms with van der Waals surface area (Å²) in [5.74, 6) is 0.421. The minimum atomic E-state index is -0.307. The quantitative estimate of drug-likeness (QED) is 0.569. The summed E-state index contributed by atoms with van der Waals surface area (Å²) in [5, 5.41) is 3.09. The fourth-order valence-electron chi connectivity index (χ4n) is 5.46. The van der Waals surface area contributed by atoms with Crippen molar-refractivity contribution >= 4 is 5.91 Å². The lowest BCUT2D eigenvalue weighted by Crippen LogP contribution is -2.36. The molecule has 2 heterocycles. The summed E-state index contributed by atoms with van der Waals surface area (Å²) >= 11 is 0. The van der Waals surface area contributed by atoms with E-state index in [9.17, 15) is 9.59 Å². The Hall–Kier alpha value is -3.18. The molecule has 5 heteroatoms. The van der Waals surface area contributed by atoms with E-state index in [1.54, 1.807) is 6.07 Å². The van der Waals surface area contributed by atoms with Gasteiger partial charge >= 0.3 is 0 Å². The zero-order valence-electron chi connectivity index (χ0n) is 19.6. The van der Waals surface area contributed by atoms with Gasteiger partial charge < -0.3 is 10.3 Å². The number of hydrogen-bond acceptors (Lipinski definition) is 3. The molecule has 0 spiro atoms. The number of fused-ring (bicyclic) bond motifs is 1. The second kappa shape index (κ2) is 10.4. The van der Waals surface area contributed by atoms with E-state index in [1.807, 2.05) is 18.2 Å². The Balaban J connectivity index is 1.16. The predicted octanol–water partition coefficient (Wildman–Crippen LogP) is 4.64. The maximum absolute atomic E-state index is 12.9. The molecule has 5 rings (SSSR count). The van der Waals surface area contributed by atoms with Gasteiger partial charge in [-0.15, -0.1) is 0 Å². The number of nitrogens with zero attached hydrogens (tertiary/aromatic N) is 1. The van der Waals surface area contributed by atoms with Gasteiger partial charge in [-0.2, -0.15) is 0 Å². The van der Waals surface area contributed by atoms with Crippen LogP contribution in [-0.2, 0) is 19.4 Å². The Morgan fingerprint density at radius 3 is 2.50 bits per heavy atom. The minimum absolute atomic E-state index is 0.0336. The number of H-pyrrole nitrogens is 1. The maximum atomic E-state index is 12.9. The van der Waals surface area contributed by atoms with Crippen LogP contribution in [0, 0.1) is 5.92 Å². The summed E-state index contributed by atoms with van der Waals surface area (Å²) in [6.07, 6.45) is 6.46. The van der Waals surface area contributed by atoms with Crippen molar-refractivity contribution in [3.8, 4) is 0 Å². The lowest BCUT2D eigenvalue weighted by Gasteiger charge is -2.32. The van der Waals surface area contributed by atoms with Gasteiger partial charge in [-0.3, -0.25) is 14.5 Å². The monoisotopic (exact) mass is 455 g/mol. The first kappa shape index (κ1) is 22.6. The summed E-state index contributed by atoms with van der Waals surface area (Å²) in [6.45, 7) is 2.77. The highest BCUT2D eigenvalue weighted by Crippen LogP contribution is 2.29. The highest BCUT2D eigenvalue weighted by Gasteiger charge is 2.24. The van der Waals surface area contributed by atoms with E-state index < -0.39 is 0 Å². The molecule has 0 radical (unpaired) electrons. The number of aromatic nitrogens is 1. The number of carbonyl (C=O) groups is 1. The number of amides is 1. The van der Waals surface area contributed by atoms with Crippen LogP contribution >= 0.6 is 0 Å². The summed E-state index contributed by atoms with van der Waals surface area (Å²) in [5.41, 5.74) is 4.62. The molecule has 1 aliphatic carbocycles. The van der Waals surface area contributed by atoms with Crippen molar-refractivity contribution in [2.45, 2.75) is 51.1 Å². The zero-order valence-corrected chi connectivity index (χ0v) is 19.6. The Labute approximate surface area is 201 Å². The van der Waals surface area contributed by atoms with Gasteiger partial charge in [0.1, 0.15) is 5.56 Å². The highest BCUT2D eigenvalue weighted by atomic mass is 16.2. The molecule has 34 heavy (non-hydrogen) atoms. The first-order valence-corrected chi connectivity index (χ1v) is 12.5. The van der Waals surface area contributed by atoms with Crippen molar-refractivity contribution in [3.63, 3.8) is 0 Å². The number of pyridine rings is 1. The molecule has 1 aliphatic heterocycles. The van der Waals surface area contributed by atoms with Crippen LogP contribution in [0.25, 0.3) is 0 Å². The Morgan fingerprint density at radius 2 is 1.71 bits per heavy atom. The number of likely N-dealkylation sites (tertiary alicyclic amines) is 1. The molecule has 3 aromatic rings. The van der Waals surface area contributed by atoms with E-state index in [2.05, 4.69) is 57.7 Å². The van der Waals surface area contributed by atoms with E-state index in [4.69, 9.17) is 0 Å². The molecule has 0 bridgehead atoms. The van der Waals surface area contributed by atoms with Crippen molar-refractivity contribution in [2.75, 3.05) is 13.1 Å². The molecule has 0 saturated carbocycles. The van der Waals surface area contributed by atoms with E-state index in [0.717, 1.165) is 44.5 Å². The molecular formula is C29H33N3O2. The summed E-state index contributed by atoms with van der Waals surface area (Å²) < 4.78 is 0. The molecule has 176 valence electrons. The summed E-state index contributed by atoms with van der Waals surface area (Å²) in [7, 11) is 0. The van der Waals surface area contributed by atoms with Crippen molar-refractivity contribution in [2.24, 2.45) is 5.92 Å². The van der Waals surface area contributed by atoms with Crippen molar-refractivity contribution in [1.29, 1.82) is 0 Å². The number of rotatable bonds is 6. The van der Waals surface area contributed by atoms with E-state index in [0.29, 0.717) is 12.5 Å². The smallest absolute Gasteiger partial charge is 0.261 e. The molecule has 2 aromatic carbocycles. The number of piperidine rings is 1. The third-order valence-corrected chi connectivity index (χ3v) is 7.36. The van der Waals surface area contributed by atoms with Crippen LogP contribution in [0.1, 0.15) is 64.5 Å². The van der Waals surface area contributed by atoms with E-state index >= 15 is 0 Å². The van der Waals surface area contributed by atoms with Gasteiger partial charge in [-0.05, 0) is 86.4 Å². The van der Waals surface area contributed by atoms with Crippen LogP contribution in [-0.4, -0.2) is 28.9 Å². The third kappa shape index (κ3) is 5.31. The SMILES string of the molecule is O=C(N[C@H]1CCCc2ccccc21)c1ccc(CN2CCC(Cc3ccccc3)CC2)[nH]c1=O. The van der Waals surface area contributed by atoms with Crippen LogP contribution in [0.2, 0.25) is 0 Å². The number of hydrogen-bond donors (Lipinski definition) is 2. The standard InChI is InChI=1S/C29H33N3O2/c33-28-26(29(34)31-27-12-6-10-23-9-4-5-11-25(23)27)14-13-24(30-28)20-32-17-15-22(16-18-32)19-21-7-2-1-3-8-21/h1-5,7-9,11,13-14,22,27H,6,10,12,15-20H2,(H,30,33)(H,31,34)/t27-/m0/s1. The first-order chi connectivity index (χ1) is 16.7. The van der Waals surface area contributed by atoms with Gasteiger partial charge in [0, 0.05) is 12.2 Å². The lowest BCUT2D eigenvalue weighted by atomic mass is 9.87. The molecule has 1 amide bonds. The largest absolute Gasteiger partial charge is 0.345 e. The Bertz CT molecular complexity index is 1180. The minimum Gasteiger partial charge on any atom is -0.345 e. The molecule has 2 N–H and O–H groups in total. The van der Waals surface area contributed by atoms with Gasteiger partial charge in [0.25, 0.3) is 11.5 Å². The fourth-order valence-corrected chi connectivity index (χ4v) is 5.46. The fraction of sp³-hybridized carbons (Fsp3) is 0.379. The molecule has 1 fully saturated rings. The molecule has 0 unspecified atom stereocenters. The number of benzene rings is 2. The van der Waals surface area contributed by atoms with Gasteiger partial charge in [0.15, 0.2) is 0 Å². The van der Waals surface area contributed by atoms with Crippen LogP contribution in [0.4, 0.5) is 0 Å². The molecule has 1 aromatic heterocycles. The average molecular weight is 456 g/mol. The second-order valence-corrected chi connectivity index (χ2v) is 9.75. The second-order valence-electron chi connectivity index (χ2n) is 9.75. The topological polar surface area (TPSA) is 65.2 Å². The highest BCUT2D eigenvalue weighted by molar-refractivity contribution is 5.94. The van der Waals surface area contributed by atoms with Crippen LogP contribution in [0.15, 0.2) is 71.5 Å². The number of carbonyl (C=O) groups excluding carboxylic acids is 1. The zero-order chi connectivity index (χ0) is 23.3. The van der Waals surface area contributed by atoms with Crippen molar-refractivity contribution < 1.29 is 4.79 Å². The average Bonchev–Trinajstić information content (AvgIpc) is 2.86. The number of aromatic amines is 1. The summed E-state index contributed by atoms with van der Waals surface area (Å²) in [4.78, 5) is 31.0. The predicted molar refractivity (Wildman–Crippen MR) is 135 cm³/mol. The van der Waals surface area contributed by atoms with Crippen LogP contribution < -0.4 is 10.9 Å². The lowest BCUT2D eigenvalue weighted by molar-refractivity contribution is 0.0931. The van der Waals surface area contributed by atoms with Gasteiger partial charge in [0.05, 0.1) is 6.04 Å². The third-order valence-electron chi connectivity index (χ3n) is 7.36. The van der Waals surface area contributed by atoms with Crippen LogP contribution in [0.5, 0.6) is 0 Å². The molecular weight excluding hydrogens is 422 g/mol. The van der Waals surface area contributed by atoms with E-state index in [-0.39, 0.29) is 23.1 Å². The van der Waals surface area contributed by atoms with Gasteiger partial charge in [0.2, 0.25) is 0 Å².